The maximum atomic E-state index is 10.4. The van der Waals surface area contributed by atoms with Crippen molar-refractivity contribution in [2.75, 3.05) is 13.1 Å². The molecule has 0 aliphatic rings. The molecule has 0 aliphatic heterocycles. The highest BCUT2D eigenvalue weighted by molar-refractivity contribution is 5.05. The van der Waals surface area contributed by atoms with Gasteiger partial charge in [0.2, 0.25) is 13.1 Å². The van der Waals surface area contributed by atoms with Gasteiger partial charge in [-0.25, -0.2) is 4.98 Å². The van der Waals surface area contributed by atoms with Crippen molar-refractivity contribution in [1.29, 1.82) is 0 Å². The normalized spacial score (nSPS) is 10.5. The van der Waals surface area contributed by atoms with Gasteiger partial charge < -0.3 is 4.57 Å². The number of nitro groups is 2. The summed E-state index contributed by atoms with van der Waals surface area (Å²) in [5, 5.41) is 20.7. The van der Waals surface area contributed by atoms with Crippen LogP contribution in [0.25, 0.3) is 0 Å². The molecular formula is C7H10N4O4. The Morgan fingerprint density at radius 3 is 2.27 bits per heavy atom. The van der Waals surface area contributed by atoms with Crippen LogP contribution in [-0.4, -0.2) is 32.5 Å². The molecule has 8 heteroatoms. The number of hydrogen-bond acceptors (Lipinski definition) is 5. The summed E-state index contributed by atoms with van der Waals surface area (Å²) in [5.41, 5.74) is 0.503. The Morgan fingerprint density at radius 2 is 1.93 bits per heavy atom. The largest absolute Gasteiger partial charge is 0.337 e. The zero-order valence-electron chi connectivity index (χ0n) is 8.07. The van der Waals surface area contributed by atoms with E-state index in [1.165, 1.54) is 12.5 Å². The lowest BCUT2D eigenvalue weighted by atomic mass is 10.1. The predicted molar refractivity (Wildman–Crippen MR) is 49.7 cm³/mol. The Labute approximate surface area is 84.8 Å². The van der Waals surface area contributed by atoms with Crippen LogP contribution >= 0.6 is 0 Å². The van der Waals surface area contributed by atoms with Crippen molar-refractivity contribution in [1.82, 2.24) is 9.55 Å². The average Bonchev–Trinajstić information content (AvgIpc) is 2.48. The number of rotatable bonds is 5. The summed E-state index contributed by atoms with van der Waals surface area (Å²) in [5.74, 6) is -0.734. The van der Waals surface area contributed by atoms with E-state index in [2.05, 4.69) is 4.98 Å². The summed E-state index contributed by atoms with van der Waals surface area (Å²) in [6.07, 6.45) is 2.87. The van der Waals surface area contributed by atoms with Crippen LogP contribution in [0.1, 0.15) is 11.6 Å². The van der Waals surface area contributed by atoms with Crippen LogP contribution in [-0.2, 0) is 7.05 Å². The topological polar surface area (TPSA) is 104 Å². The highest BCUT2D eigenvalue weighted by Crippen LogP contribution is 2.14. The molecule has 15 heavy (non-hydrogen) atoms. The van der Waals surface area contributed by atoms with Crippen LogP contribution in [0.3, 0.4) is 0 Å². The van der Waals surface area contributed by atoms with E-state index >= 15 is 0 Å². The SMILES string of the molecule is Cn1cncc1C(C[N+](=O)[O-])C[N+](=O)[O-]. The van der Waals surface area contributed by atoms with E-state index in [1.807, 2.05) is 0 Å². The maximum Gasteiger partial charge on any atom is 0.218 e. The van der Waals surface area contributed by atoms with E-state index in [-0.39, 0.29) is 0 Å². The van der Waals surface area contributed by atoms with Crippen LogP contribution in [0.2, 0.25) is 0 Å². The molecule has 1 heterocycles. The summed E-state index contributed by atoms with van der Waals surface area (Å²) in [4.78, 5) is 23.4. The van der Waals surface area contributed by atoms with Crippen molar-refractivity contribution in [3.05, 3.63) is 38.4 Å². The molecule has 1 aromatic rings. The second-order valence-corrected chi connectivity index (χ2v) is 3.16. The maximum absolute atomic E-state index is 10.4. The number of hydrogen-bond donors (Lipinski definition) is 0. The molecule has 0 atom stereocenters. The van der Waals surface area contributed by atoms with Gasteiger partial charge in [0.1, 0.15) is 5.92 Å². The first-order chi connectivity index (χ1) is 7.00. The van der Waals surface area contributed by atoms with Crippen LogP contribution in [0.4, 0.5) is 0 Å². The van der Waals surface area contributed by atoms with Gasteiger partial charge in [0, 0.05) is 23.1 Å². The van der Waals surface area contributed by atoms with Gasteiger partial charge >= 0.3 is 0 Å². The van der Waals surface area contributed by atoms with Crippen molar-refractivity contribution < 1.29 is 9.85 Å². The summed E-state index contributed by atoms with van der Waals surface area (Å²) >= 11 is 0. The van der Waals surface area contributed by atoms with Crippen molar-refractivity contribution in [3.8, 4) is 0 Å². The minimum absolute atomic E-state index is 0.458. The third-order valence-electron chi connectivity index (χ3n) is 2.01. The first-order valence-electron chi connectivity index (χ1n) is 4.20. The molecule has 0 radical (unpaired) electrons. The molecule has 0 bridgehead atoms. The number of aryl methyl sites for hydroxylation is 1. The van der Waals surface area contributed by atoms with Gasteiger partial charge in [-0.3, -0.25) is 20.2 Å². The molecule has 82 valence electrons. The molecule has 0 unspecified atom stereocenters. The van der Waals surface area contributed by atoms with E-state index in [4.69, 9.17) is 0 Å². The molecule has 0 saturated heterocycles. The zero-order chi connectivity index (χ0) is 11.4. The number of aromatic nitrogens is 2. The minimum atomic E-state index is -0.734. The fourth-order valence-electron chi connectivity index (χ4n) is 1.37. The van der Waals surface area contributed by atoms with Gasteiger partial charge in [0.05, 0.1) is 12.0 Å². The zero-order valence-corrected chi connectivity index (χ0v) is 8.07. The molecule has 1 rings (SSSR count). The molecule has 1 aromatic heterocycles. The highest BCUT2D eigenvalue weighted by Gasteiger charge is 2.25. The van der Waals surface area contributed by atoms with Gasteiger partial charge in [-0.15, -0.1) is 0 Å². The van der Waals surface area contributed by atoms with Crippen molar-refractivity contribution >= 4 is 0 Å². The smallest absolute Gasteiger partial charge is 0.218 e. The fraction of sp³-hybridized carbons (Fsp3) is 0.571. The average molecular weight is 214 g/mol. The second kappa shape index (κ2) is 4.49. The number of nitrogens with zero attached hydrogens (tertiary/aromatic N) is 4. The van der Waals surface area contributed by atoms with Crippen molar-refractivity contribution in [2.45, 2.75) is 5.92 Å². The van der Waals surface area contributed by atoms with Crippen molar-refractivity contribution in [2.24, 2.45) is 7.05 Å². The van der Waals surface area contributed by atoms with Gasteiger partial charge in [0.15, 0.2) is 0 Å². The third-order valence-corrected chi connectivity index (χ3v) is 2.01. The Morgan fingerprint density at radius 1 is 1.40 bits per heavy atom. The predicted octanol–water partition coefficient (Wildman–Crippen LogP) is 0.0571. The lowest BCUT2D eigenvalue weighted by molar-refractivity contribution is -0.516. The van der Waals surface area contributed by atoms with Gasteiger partial charge in [-0.05, 0) is 0 Å². The minimum Gasteiger partial charge on any atom is -0.337 e. The number of imidazole rings is 1. The molecule has 0 saturated carbocycles. The monoisotopic (exact) mass is 214 g/mol. The second-order valence-electron chi connectivity index (χ2n) is 3.16. The highest BCUT2D eigenvalue weighted by atomic mass is 16.6. The Bertz CT molecular complexity index is 359. The van der Waals surface area contributed by atoms with Crippen LogP contribution in [0.15, 0.2) is 12.5 Å². The lowest BCUT2D eigenvalue weighted by Crippen LogP contribution is -2.22. The Kier molecular flexibility index (Phi) is 3.32. The fourth-order valence-corrected chi connectivity index (χ4v) is 1.37. The van der Waals surface area contributed by atoms with E-state index < -0.39 is 28.9 Å². The first kappa shape index (κ1) is 11.1. The summed E-state index contributed by atoms with van der Waals surface area (Å²) in [6, 6.07) is 0. The molecule has 0 aliphatic carbocycles. The summed E-state index contributed by atoms with van der Waals surface area (Å²) < 4.78 is 1.55. The van der Waals surface area contributed by atoms with E-state index in [9.17, 15) is 20.2 Å². The summed E-state index contributed by atoms with van der Waals surface area (Å²) in [7, 11) is 1.65. The molecule has 0 amide bonds. The quantitative estimate of drug-likeness (QED) is 0.509. The Hall–Kier alpha value is -1.99. The molecule has 0 N–H and O–H groups in total. The molecule has 8 nitrogen and oxygen atoms in total. The Balaban J connectivity index is 2.85. The summed E-state index contributed by atoms with van der Waals surface area (Å²) in [6.45, 7) is -0.916. The molecule has 0 spiro atoms. The van der Waals surface area contributed by atoms with Crippen LogP contribution in [0.5, 0.6) is 0 Å². The van der Waals surface area contributed by atoms with Crippen LogP contribution < -0.4 is 0 Å². The van der Waals surface area contributed by atoms with Gasteiger partial charge in [0.25, 0.3) is 0 Å². The standard InChI is InChI=1S/C7H10N4O4/c1-9-5-8-2-7(9)6(3-10(12)13)4-11(14)15/h2,5-6H,3-4H2,1H3. The molecule has 0 fully saturated rings. The van der Waals surface area contributed by atoms with E-state index in [0.717, 1.165) is 0 Å². The van der Waals surface area contributed by atoms with Gasteiger partial charge in [-0.1, -0.05) is 0 Å². The van der Waals surface area contributed by atoms with E-state index in [1.54, 1.807) is 11.6 Å². The van der Waals surface area contributed by atoms with Crippen molar-refractivity contribution in [3.63, 3.8) is 0 Å². The third kappa shape index (κ3) is 3.01. The first-order valence-corrected chi connectivity index (χ1v) is 4.20. The lowest BCUT2D eigenvalue weighted by Gasteiger charge is -2.08. The van der Waals surface area contributed by atoms with E-state index in [0.29, 0.717) is 5.69 Å². The van der Waals surface area contributed by atoms with Gasteiger partial charge in [-0.2, -0.15) is 0 Å². The molecule has 0 aromatic carbocycles. The molecular weight excluding hydrogens is 204 g/mol. The van der Waals surface area contributed by atoms with Crippen LogP contribution in [0, 0.1) is 20.2 Å².